The standard InChI is InChI=1S/C13H17F2N3/c14-11-6-3-7-12(15)10(11)8-13(18-16)17-9-4-1-2-5-9/h3,6-7,9H,1-2,4-5,8,16H2,(H,17,18). The van der Waals surface area contributed by atoms with E-state index in [4.69, 9.17) is 5.84 Å². The maximum atomic E-state index is 13.5. The third-order valence-corrected chi connectivity index (χ3v) is 3.24. The van der Waals surface area contributed by atoms with Gasteiger partial charge in [-0.2, -0.15) is 0 Å². The van der Waals surface area contributed by atoms with Gasteiger partial charge in [0.1, 0.15) is 17.5 Å². The van der Waals surface area contributed by atoms with Crippen LogP contribution in [0.1, 0.15) is 31.2 Å². The molecular formula is C13H17F2N3. The molecule has 2 rings (SSSR count). The van der Waals surface area contributed by atoms with Gasteiger partial charge in [0, 0.05) is 12.0 Å². The van der Waals surface area contributed by atoms with Crippen LogP contribution in [0.15, 0.2) is 23.2 Å². The molecule has 0 saturated heterocycles. The third kappa shape index (κ3) is 3.04. The van der Waals surface area contributed by atoms with E-state index in [0.717, 1.165) is 25.7 Å². The summed E-state index contributed by atoms with van der Waals surface area (Å²) < 4.78 is 27.0. The molecule has 5 heteroatoms. The van der Waals surface area contributed by atoms with Gasteiger partial charge in [0.05, 0.1) is 6.04 Å². The maximum absolute atomic E-state index is 13.5. The van der Waals surface area contributed by atoms with E-state index in [2.05, 4.69) is 10.4 Å². The molecule has 18 heavy (non-hydrogen) atoms. The zero-order valence-electron chi connectivity index (χ0n) is 10.1. The molecule has 1 saturated carbocycles. The van der Waals surface area contributed by atoms with Crippen molar-refractivity contribution in [1.29, 1.82) is 0 Å². The highest BCUT2D eigenvalue weighted by atomic mass is 19.1. The molecule has 0 amide bonds. The topological polar surface area (TPSA) is 50.4 Å². The Morgan fingerprint density at radius 1 is 1.28 bits per heavy atom. The number of nitrogens with zero attached hydrogens (tertiary/aromatic N) is 1. The molecule has 0 bridgehead atoms. The number of benzene rings is 1. The van der Waals surface area contributed by atoms with E-state index in [0.29, 0.717) is 5.84 Å². The molecule has 98 valence electrons. The number of hydrazine groups is 1. The van der Waals surface area contributed by atoms with E-state index >= 15 is 0 Å². The van der Waals surface area contributed by atoms with Crippen LogP contribution in [-0.4, -0.2) is 11.9 Å². The van der Waals surface area contributed by atoms with Crippen LogP contribution in [0.4, 0.5) is 8.78 Å². The number of aliphatic imine (C=N–C) groups is 1. The van der Waals surface area contributed by atoms with E-state index in [9.17, 15) is 8.78 Å². The fourth-order valence-electron chi connectivity index (χ4n) is 2.26. The summed E-state index contributed by atoms with van der Waals surface area (Å²) in [4.78, 5) is 4.42. The summed E-state index contributed by atoms with van der Waals surface area (Å²) >= 11 is 0. The first-order valence-corrected chi connectivity index (χ1v) is 6.17. The Morgan fingerprint density at radius 2 is 1.89 bits per heavy atom. The number of nitrogens with one attached hydrogen (secondary N) is 1. The molecule has 1 aromatic carbocycles. The van der Waals surface area contributed by atoms with Crippen LogP contribution in [-0.2, 0) is 6.42 Å². The highest BCUT2D eigenvalue weighted by Gasteiger charge is 2.16. The van der Waals surface area contributed by atoms with Gasteiger partial charge in [0.2, 0.25) is 0 Å². The monoisotopic (exact) mass is 253 g/mol. The van der Waals surface area contributed by atoms with E-state index in [1.54, 1.807) is 0 Å². The molecule has 0 spiro atoms. The van der Waals surface area contributed by atoms with Gasteiger partial charge < -0.3 is 5.43 Å². The predicted molar refractivity (Wildman–Crippen MR) is 67.1 cm³/mol. The number of halogens is 2. The lowest BCUT2D eigenvalue weighted by molar-refractivity contribution is 0.562. The average molecular weight is 253 g/mol. The van der Waals surface area contributed by atoms with Crippen molar-refractivity contribution in [2.75, 3.05) is 0 Å². The van der Waals surface area contributed by atoms with Gasteiger partial charge in [-0.15, -0.1) is 0 Å². The lowest BCUT2D eigenvalue weighted by Crippen LogP contribution is -2.33. The molecule has 3 N–H and O–H groups in total. The highest BCUT2D eigenvalue weighted by Crippen LogP contribution is 2.21. The Hall–Kier alpha value is -1.49. The van der Waals surface area contributed by atoms with Gasteiger partial charge in [0.25, 0.3) is 0 Å². The van der Waals surface area contributed by atoms with E-state index in [-0.39, 0.29) is 18.0 Å². The smallest absolute Gasteiger partial charge is 0.129 e. The van der Waals surface area contributed by atoms with Gasteiger partial charge in [-0.05, 0) is 25.0 Å². The molecule has 3 nitrogen and oxygen atoms in total. The summed E-state index contributed by atoms with van der Waals surface area (Å²) in [6.07, 6.45) is 4.40. The largest absolute Gasteiger partial charge is 0.312 e. The van der Waals surface area contributed by atoms with Crippen molar-refractivity contribution in [3.05, 3.63) is 35.4 Å². The Kier molecular flexibility index (Phi) is 4.25. The van der Waals surface area contributed by atoms with Crippen molar-refractivity contribution in [2.24, 2.45) is 10.8 Å². The molecule has 1 aliphatic carbocycles. The van der Waals surface area contributed by atoms with Gasteiger partial charge in [0.15, 0.2) is 0 Å². The fourth-order valence-corrected chi connectivity index (χ4v) is 2.26. The second-order valence-corrected chi connectivity index (χ2v) is 4.54. The normalized spacial score (nSPS) is 17.2. The quantitative estimate of drug-likeness (QED) is 0.376. The Bertz CT molecular complexity index is 420. The third-order valence-electron chi connectivity index (χ3n) is 3.24. The number of hydrogen-bond acceptors (Lipinski definition) is 2. The molecule has 0 atom stereocenters. The molecule has 0 radical (unpaired) electrons. The van der Waals surface area contributed by atoms with Crippen molar-refractivity contribution < 1.29 is 8.78 Å². The summed E-state index contributed by atoms with van der Waals surface area (Å²) in [7, 11) is 0. The van der Waals surface area contributed by atoms with Crippen LogP contribution >= 0.6 is 0 Å². The molecule has 0 unspecified atom stereocenters. The molecule has 0 aromatic heterocycles. The minimum absolute atomic E-state index is 0.00666. The van der Waals surface area contributed by atoms with Crippen molar-refractivity contribution in [2.45, 2.75) is 38.1 Å². The Morgan fingerprint density at radius 3 is 2.44 bits per heavy atom. The Labute approximate surface area is 105 Å². The minimum Gasteiger partial charge on any atom is -0.312 e. The van der Waals surface area contributed by atoms with Crippen LogP contribution in [0.3, 0.4) is 0 Å². The second-order valence-electron chi connectivity index (χ2n) is 4.54. The SMILES string of the molecule is NNC(Cc1c(F)cccc1F)=NC1CCCC1. The number of amidine groups is 1. The zero-order chi connectivity index (χ0) is 13.0. The first kappa shape index (κ1) is 13.0. The van der Waals surface area contributed by atoms with Crippen molar-refractivity contribution in [1.82, 2.24) is 5.43 Å². The molecule has 1 fully saturated rings. The first-order chi connectivity index (χ1) is 8.70. The van der Waals surface area contributed by atoms with E-state index < -0.39 is 11.6 Å². The lowest BCUT2D eigenvalue weighted by atomic mass is 10.1. The number of hydrogen-bond donors (Lipinski definition) is 2. The van der Waals surface area contributed by atoms with E-state index in [1.165, 1.54) is 18.2 Å². The summed E-state index contributed by atoms with van der Waals surface area (Å²) in [5, 5.41) is 0. The molecule has 1 aliphatic rings. The summed E-state index contributed by atoms with van der Waals surface area (Å²) in [6, 6.07) is 4.05. The summed E-state index contributed by atoms with van der Waals surface area (Å²) in [6.45, 7) is 0. The van der Waals surface area contributed by atoms with Gasteiger partial charge in [-0.1, -0.05) is 18.9 Å². The summed E-state index contributed by atoms with van der Waals surface area (Å²) in [5.41, 5.74) is 2.46. The van der Waals surface area contributed by atoms with Crippen molar-refractivity contribution in [3.63, 3.8) is 0 Å². The fraction of sp³-hybridized carbons (Fsp3) is 0.462. The average Bonchev–Trinajstić information content (AvgIpc) is 2.85. The maximum Gasteiger partial charge on any atom is 0.129 e. The number of rotatable bonds is 3. The molecule has 1 aromatic rings. The lowest BCUT2D eigenvalue weighted by Gasteiger charge is -2.10. The summed E-state index contributed by atoms with van der Waals surface area (Å²) in [5.74, 6) is 4.68. The molecule has 0 aliphatic heterocycles. The van der Waals surface area contributed by atoms with Crippen LogP contribution in [0.2, 0.25) is 0 Å². The molecular weight excluding hydrogens is 236 g/mol. The highest BCUT2D eigenvalue weighted by molar-refractivity contribution is 5.84. The van der Waals surface area contributed by atoms with Gasteiger partial charge in [-0.25, -0.2) is 14.6 Å². The number of nitrogens with two attached hydrogens (primary N) is 1. The van der Waals surface area contributed by atoms with Crippen molar-refractivity contribution in [3.8, 4) is 0 Å². The van der Waals surface area contributed by atoms with Crippen molar-refractivity contribution >= 4 is 5.84 Å². The van der Waals surface area contributed by atoms with Crippen LogP contribution in [0.25, 0.3) is 0 Å². The first-order valence-electron chi connectivity index (χ1n) is 6.17. The van der Waals surface area contributed by atoms with Crippen LogP contribution < -0.4 is 11.3 Å². The minimum atomic E-state index is -0.565. The van der Waals surface area contributed by atoms with E-state index in [1.807, 2.05) is 0 Å². The van der Waals surface area contributed by atoms with Crippen LogP contribution in [0, 0.1) is 11.6 Å². The second kappa shape index (κ2) is 5.91. The predicted octanol–water partition coefficient (Wildman–Crippen LogP) is 2.31. The molecule has 0 heterocycles. The Balaban J connectivity index is 2.14. The zero-order valence-corrected chi connectivity index (χ0v) is 10.1. The van der Waals surface area contributed by atoms with Gasteiger partial charge in [-0.3, -0.25) is 4.99 Å². The van der Waals surface area contributed by atoms with Crippen LogP contribution in [0.5, 0.6) is 0 Å². The van der Waals surface area contributed by atoms with Gasteiger partial charge >= 0.3 is 0 Å².